The molecule has 0 saturated heterocycles. The summed E-state index contributed by atoms with van der Waals surface area (Å²) in [6.07, 6.45) is 7.62. The van der Waals surface area contributed by atoms with Crippen LogP contribution in [0, 0.1) is 0 Å². The third-order valence-corrected chi connectivity index (χ3v) is 6.41. The number of carbonyl (C=O) groups is 1. The first-order valence-corrected chi connectivity index (χ1v) is 9.97. The van der Waals surface area contributed by atoms with Crippen LogP contribution in [0.25, 0.3) is 21.1 Å². The quantitative estimate of drug-likeness (QED) is 0.722. The van der Waals surface area contributed by atoms with Crippen LogP contribution in [0.4, 0.5) is 11.4 Å². The predicted molar refractivity (Wildman–Crippen MR) is 108 cm³/mol. The van der Waals surface area contributed by atoms with Crippen LogP contribution in [0.15, 0.2) is 29.3 Å². The van der Waals surface area contributed by atoms with Gasteiger partial charge in [-0.3, -0.25) is 4.79 Å². The zero-order valence-corrected chi connectivity index (χ0v) is 15.5. The van der Waals surface area contributed by atoms with E-state index in [0.717, 1.165) is 45.3 Å². The van der Waals surface area contributed by atoms with Crippen LogP contribution in [0.1, 0.15) is 41.8 Å². The molecular weight excluding hydrogens is 344 g/mol. The van der Waals surface area contributed by atoms with Gasteiger partial charge in [0.15, 0.2) is 0 Å². The van der Waals surface area contributed by atoms with E-state index in [2.05, 4.69) is 16.4 Å². The minimum Gasteiger partial charge on any atom is -0.349 e. The van der Waals surface area contributed by atoms with Crippen molar-refractivity contribution in [3.8, 4) is 0 Å². The van der Waals surface area contributed by atoms with Gasteiger partial charge in [-0.1, -0.05) is 37.5 Å². The molecule has 132 valence electrons. The lowest BCUT2D eigenvalue weighted by molar-refractivity contribution is 0.0932. The van der Waals surface area contributed by atoms with Crippen molar-refractivity contribution in [3.05, 3.63) is 29.1 Å². The molecule has 1 aliphatic carbocycles. The van der Waals surface area contributed by atoms with Crippen molar-refractivity contribution < 1.29 is 4.79 Å². The van der Waals surface area contributed by atoms with Gasteiger partial charge in [-0.2, -0.15) is 0 Å². The highest BCUT2D eigenvalue weighted by atomic mass is 32.1. The highest BCUT2D eigenvalue weighted by Crippen LogP contribution is 2.46. The first kappa shape index (κ1) is 15.8. The zero-order chi connectivity index (χ0) is 17.7. The number of carbonyl (C=O) groups excluding carboxylic acids is 1. The fraction of sp³-hybridized carbons (Fsp3) is 0.350. The zero-order valence-electron chi connectivity index (χ0n) is 14.7. The van der Waals surface area contributed by atoms with Crippen LogP contribution in [-0.4, -0.2) is 30.3 Å². The topological polar surface area (TPSA) is 57.6 Å². The monoisotopic (exact) mass is 364 g/mol. The number of hydrogen-bond acceptors (Lipinski definition) is 5. The third kappa shape index (κ3) is 2.40. The first-order chi connectivity index (χ1) is 12.7. The minimum absolute atomic E-state index is 0.00777. The van der Waals surface area contributed by atoms with Gasteiger partial charge in [0.2, 0.25) is 0 Å². The van der Waals surface area contributed by atoms with E-state index in [1.807, 2.05) is 30.1 Å². The number of rotatable bonds is 2. The smallest absolute Gasteiger partial charge is 0.263 e. The van der Waals surface area contributed by atoms with Crippen LogP contribution in [-0.2, 0) is 0 Å². The van der Waals surface area contributed by atoms with Crippen molar-refractivity contribution in [2.24, 2.45) is 4.99 Å². The number of fused-ring (bicyclic) bond motifs is 2. The second-order valence-electron chi connectivity index (χ2n) is 7.10. The normalized spacial score (nSPS) is 17.2. The molecular formula is C20H20N4OS. The Morgan fingerprint density at radius 2 is 2.04 bits per heavy atom. The van der Waals surface area contributed by atoms with Gasteiger partial charge < -0.3 is 10.2 Å². The minimum atomic E-state index is -0.00777. The number of hydrogen-bond donors (Lipinski definition) is 1. The van der Waals surface area contributed by atoms with Gasteiger partial charge in [-0.25, -0.2) is 9.98 Å². The molecule has 5 nitrogen and oxygen atoms in total. The van der Waals surface area contributed by atoms with Gasteiger partial charge in [0.05, 0.1) is 28.6 Å². The molecule has 0 radical (unpaired) electrons. The number of aromatic nitrogens is 1. The van der Waals surface area contributed by atoms with Crippen LogP contribution in [0.2, 0.25) is 0 Å². The molecule has 0 unspecified atom stereocenters. The van der Waals surface area contributed by atoms with Crippen molar-refractivity contribution in [2.75, 3.05) is 11.9 Å². The summed E-state index contributed by atoms with van der Waals surface area (Å²) in [5.74, 6) is -0.00777. The van der Waals surface area contributed by atoms with E-state index in [9.17, 15) is 4.79 Å². The number of anilines is 1. The van der Waals surface area contributed by atoms with E-state index < -0.39 is 0 Å². The molecule has 26 heavy (non-hydrogen) atoms. The average Bonchev–Trinajstić information content (AvgIpc) is 3.04. The van der Waals surface area contributed by atoms with Crippen molar-refractivity contribution in [2.45, 2.75) is 38.1 Å². The van der Waals surface area contributed by atoms with Gasteiger partial charge in [-0.15, -0.1) is 11.3 Å². The van der Waals surface area contributed by atoms with Crippen molar-refractivity contribution >= 4 is 56.1 Å². The largest absolute Gasteiger partial charge is 0.349 e. The van der Waals surface area contributed by atoms with Crippen LogP contribution in [0.3, 0.4) is 0 Å². The summed E-state index contributed by atoms with van der Waals surface area (Å²) in [7, 11) is 1.99. The van der Waals surface area contributed by atoms with E-state index in [1.54, 1.807) is 6.34 Å². The Morgan fingerprint density at radius 1 is 1.23 bits per heavy atom. The Balaban J connectivity index is 1.65. The lowest BCUT2D eigenvalue weighted by Gasteiger charge is -2.23. The van der Waals surface area contributed by atoms with Crippen LogP contribution in [0.5, 0.6) is 0 Å². The molecule has 0 bridgehead atoms. The number of amides is 1. The Labute approximate surface area is 155 Å². The number of para-hydroxylation sites is 1. The summed E-state index contributed by atoms with van der Waals surface area (Å²) in [5, 5.41) is 5.31. The molecule has 3 aromatic rings. The van der Waals surface area contributed by atoms with Crippen molar-refractivity contribution in [1.82, 2.24) is 10.3 Å². The number of benzene rings is 1. The van der Waals surface area contributed by atoms with E-state index in [0.29, 0.717) is 4.88 Å². The maximum Gasteiger partial charge on any atom is 0.263 e. The number of nitrogens with one attached hydrogen (secondary N) is 1. The average molecular weight is 364 g/mol. The van der Waals surface area contributed by atoms with Gasteiger partial charge in [0, 0.05) is 18.5 Å². The molecule has 1 aromatic carbocycles. The Kier molecular flexibility index (Phi) is 3.67. The SMILES string of the molecule is CN1C=Nc2c(C(=O)NC3CCCCC3)sc3nc4ccccc4c1c23. The van der Waals surface area contributed by atoms with Crippen LogP contribution < -0.4 is 10.2 Å². The number of nitrogens with zero attached hydrogens (tertiary/aromatic N) is 3. The number of aliphatic imine (C=N–C) groups is 1. The summed E-state index contributed by atoms with van der Waals surface area (Å²) in [5.41, 5.74) is 2.80. The number of pyridine rings is 1. The Morgan fingerprint density at radius 3 is 2.88 bits per heavy atom. The van der Waals surface area contributed by atoms with Crippen molar-refractivity contribution in [1.29, 1.82) is 0 Å². The molecule has 2 aromatic heterocycles. The predicted octanol–water partition coefficient (Wildman–Crippen LogP) is 4.62. The summed E-state index contributed by atoms with van der Waals surface area (Å²) in [4.78, 5) is 25.9. The Bertz CT molecular complexity index is 1050. The molecule has 1 N–H and O–H groups in total. The Hall–Kier alpha value is -2.47. The third-order valence-electron chi connectivity index (χ3n) is 5.34. The second-order valence-corrected chi connectivity index (χ2v) is 8.10. The fourth-order valence-electron chi connectivity index (χ4n) is 4.06. The molecule has 1 fully saturated rings. The van der Waals surface area contributed by atoms with Gasteiger partial charge in [-0.05, 0) is 18.9 Å². The molecule has 0 atom stereocenters. The molecule has 6 heteroatoms. The van der Waals surface area contributed by atoms with Crippen LogP contribution >= 0.6 is 11.3 Å². The van der Waals surface area contributed by atoms with E-state index in [-0.39, 0.29) is 11.9 Å². The van der Waals surface area contributed by atoms with Gasteiger partial charge >= 0.3 is 0 Å². The van der Waals surface area contributed by atoms with E-state index >= 15 is 0 Å². The highest BCUT2D eigenvalue weighted by molar-refractivity contribution is 7.21. The molecule has 5 rings (SSSR count). The van der Waals surface area contributed by atoms with Crippen molar-refractivity contribution in [3.63, 3.8) is 0 Å². The lowest BCUT2D eigenvalue weighted by atomic mass is 9.95. The molecule has 3 heterocycles. The molecule has 1 aliphatic heterocycles. The maximum absolute atomic E-state index is 13.0. The molecule has 2 aliphatic rings. The summed E-state index contributed by atoms with van der Waals surface area (Å²) < 4.78 is 0. The van der Waals surface area contributed by atoms with Gasteiger partial charge in [0.1, 0.15) is 9.71 Å². The number of thiophene rings is 1. The summed E-state index contributed by atoms with van der Waals surface area (Å²) >= 11 is 1.45. The summed E-state index contributed by atoms with van der Waals surface area (Å²) in [6, 6.07) is 8.41. The molecule has 1 saturated carbocycles. The summed E-state index contributed by atoms with van der Waals surface area (Å²) in [6.45, 7) is 0. The standard InChI is InChI=1S/C20H20N4OS/c1-24-11-21-16-15-17(24)13-9-5-6-10-14(13)23-20(15)26-18(16)19(25)22-12-7-3-2-4-8-12/h5-6,9-12H,2-4,7-8H2,1H3,(H,22,25). The first-order valence-electron chi connectivity index (χ1n) is 9.15. The highest BCUT2D eigenvalue weighted by Gasteiger charge is 2.27. The second kappa shape index (κ2) is 6.06. The van der Waals surface area contributed by atoms with Gasteiger partial charge in [0.25, 0.3) is 5.91 Å². The molecule has 1 amide bonds. The lowest BCUT2D eigenvalue weighted by Crippen LogP contribution is -2.35. The van der Waals surface area contributed by atoms with E-state index in [4.69, 9.17) is 4.98 Å². The van der Waals surface area contributed by atoms with E-state index in [1.165, 1.54) is 30.6 Å². The molecule has 0 spiro atoms. The fourth-order valence-corrected chi connectivity index (χ4v) is 5.10. The maximum atomic E-state index is 13.0.